The number of nitro groups is 1. The molecule has 1 atom stereocenters. The molecule has 0 bridgehead atoms. The Morgan fingerprint density at radius 3 is 2.26 bits per heavy atom. The number of pyridine rings is 1. The lowest BCUT2D eigenvalue weighted by Gasteiger charge is -2.22. The van der Waals surface area contributed by atoms with Crippen molar-refractivity contribution in [3.8, 4) is 0 Å². The number of anilines is 1. The molecule has 3 rings (SSSR count). The van der Waals surface area contributed by atoms with Crippen LogP contribution in [0.4, 0.5) is 11.4 Å². The van der Waals surface area contributed by atoms with Gasteiger partial charge in [0.05, 0.1) is 21.6 Å². The van der Waals surface area contributed by atoms with Gasteiger partial charge in [0, 0.05) is 17.8 Å². The third-order valence-corrected chi connectivity index (χ3v) is 6.09. The second kappa shape index (κ2) is 8.83. The van der Waals surface area contributed by atoms with Crippen LogP contribution < -0.4 is 10.0 Å². The minimum atomic E-state index is -3.92. The van der Waals surface area contributed by atoms with Crippen molar-refractivity contribution in [3.63, 3.8) is 0 Å². The molecule has 0 aliphatic carbocycles. The van der Waals surface area contributed by atoms with Crippen molar-refractivity contribution in [2.75, 3.05) is 5.32 Å². The van der Waals surface area contributed by atoms with E-state index in [-0.39, 0.29) is 16.3 Å². The van der Waals surface area contributed by atoms with Gasteiger partial charge in [-0.1, -0.05) is 36.4 Å². The number of sulfonamides is 1. The summed E-state index contributed by atoms with van der Waals surface area (Å²) < 4.78 is 27.8. The van der Waals surface area contributed by atoms with E-state index in [0.717, 1.165) is 11.6 Å². The summed E-state index contributed by atoms with van der Waals surface area (Å²) >= 11 is 0. The normalized spacial score (nSPS) is 12.9. The summed E-state index contributed by atoms with van der Waals surface area (Å²) in [6.45, 7) is 5.10. The van der Waals surface area contributed by atoms with Gasteiger partial charge in [0.25, 0.3) is 5.69 Å². The van der Waals surface area contributed by atoms with Crippen LogP contribution in [0.5, 0.6) is 0 Å². The van der Waals surface area contributed by atoms with Crippen LogP contribution in [0.25, 0.3) is 0 Å². The molecule has 162 valence electrons. The van der Waals surface area contributed by atoms with Gasteiger partial charge in [-0.25, -0.2) is 13.1 Å². The highest BCUT2D eigenvalue weighted by atomic mass is 32.2. The second-order valence-electron chi connectivity index (χ2n) is 8.03. The Balaban J connectivity index is 2.04. The topological polar surface area (TPSA) is 114 Å². The molecule has 0 fully saturated rings. The zero-order valence-electron chi connectivity index (χ0n) is 17.4. The van der Waals surface area contributed by atoms with Gasteiger partial charge >= 0.3 is 0 Å². The standard InChI is InChI=1S/C22H24N4O4S/c1-22(2,3)25-31(29,30)17-12-13-18(20(15-17)26(27)28)24-21(16-9-5-4-6-10-16)19-11-7-8-14-23-19/h4-15,21,24-25H,1-3H3. The van der Waals surface area contributed by atoms with Gasteiger partial charge in [0.15, 0.2) is 0 Å². The van der Waals surface area contributed by atoms with Crippen LogP contribution in [0.3, 0.4) is 0 Å². The molecule has 0 aliphatic heterocycles. The molecule has 2 N–H and O–H groups in total. The lowest BCUT2D eigenvalue weighted by Crippen LogP contribution is -2.40. The predicted octanol–water partition coefficient (Wildman–Crippen LogP) is 4.27. The third kappa shape index (κ3) is 5.65. The average Bonchev–Trinajstić information content (AvgIpc) is 2.71. The van der Waals surface area contributed by atoms with Gasteiger partial charge in [-0.15, -0.1) is 0 Å². The third-order valence-electron chi connectivity index (χ3n) is 4.33. The van der Waals surface area contributed by atoms with Crippen molar-refractivity contribution in [2.24, 2.45) is 0 Å². The molecule has 1 heterocycles. The molecule has 2 aromatic carbocycles. The molecule has 8 nitrogen and oxygen atoms in total. The maximum absolute atomic E-state index is 12.6. The highest BCUT2D eigenvalue weighted by Crippen LogP contribution is 2.33. The summed E-state index contributed by atoms with van der Waals surface area (Å²) in [5, 5.41) is 14.9. The van der Waals surface area contributed by atoms with Crippen LogP contribution in [0, 0.1) is 10.1 Å². The Labute approximate surface area is 181 Å². The molecule has 3 aromatic rings. The van der Waals surface area contributed by atoms with Crippen LogP contribution >= 0.6 is 0 Å². The number of hydrogen-bond donors (Lipinski definition) is 2. The van der Waals surface area contributed by atoms with Crippen LogP contribution in [0.2, 0.25) is 0 Å². The van der Waals surface area contributed by atoms with E-state index in [9.17, 15) is 18.5 Å². The maximum atomic E-state index is 12.6. The highest BCUT2D eigenvalue weighted by molar-refractivity contribution is 7.89. The van der Waals surface area contributed by atoms with Gasteiger partial charge in [-0.05, 0) is 50.6 Å². The molecule has 1 aromatic heterocycles. The fraction of sp³-hybridized carbons (Fsp3) is 0.227. The van der Waals surface area contributed by atoms with E-state index >= 15 is 0 Å². The lowest BCUT2D eigenvalue weighted by atomic mass is 10.0. The van der Waals surface area contributed by atoms with Gasteiger partial charge < -0.3 is 5.32 Å². The Morgan fingerprint density at radius 1 is 1.00 bits per heavy atom. The van der Waals surface area contributed by atoms with E-state index in [2.05, 4.69) is 15.0 Å². The first-order valence-corrected chi connectivity index (χ1v) is 11.1. The van der Waals surface area contributed by atoms with Crippen molar-refractivity contribution in [1.82, 2.24) is 9.71 Å². The molecule has 9 heteroatoms. The van der Waals surface area contributed by atoms with Crippen LogP contribution in [-0.4, -0.2) is 23.9 Å². The van der Waals surface area contributed by atoms with Gasteiger partial charge in [-0.2, -0.15) is 0 Å². The fourth-order valence-electron chi connectivity index (χ4n) is 3.09. The smallest absolute Gasteiger partial charge is 0.293 e. The van der Waals surface area contributed by atoms with E-state index < -0.39 is 26.5 Å². The monoisotopic (exact) mass is 440 g/mol. The van der Waals surface area contributed by atoms with E-state index in [4.69, 9.17) is 0 Å². The molecule has 0 spiro atoms. The Morgan fingerprint density at radius 2 is 1.68 bits per heavy atom. The fourth-order valence-corrected chi connectivity index (χ4v) is 4.53. The molecule has 0 aliphatic rings. The summed E-state index contributed by atoms with van der Waals surface area (Å²) in [6.07, 6.45) is 1.65. The van der Waals surface area contributed by atoms with Crippen LogP contribution in [0.1, 0.15) is 38.1 Å². The Kier molecular flexibility index (Phi) is 6.37. The minimum absolute atomic E-state index is 0.172. The average molecular weight is 441 g/mol. The number of benzene rings is 2. The summed E-state index contributed by atoms with van der Waals surface area (Å²) in [5.74, 6) is 0. The zero-order chi connectivity index (χ0) is 22.6. The Hall–Kier alpha value is -3.30. The lowest BCUT2D eigenvalue weighted by molar-refractivity contribution is -0.384. The number of aromatic nitrogens is 1. The van der Waals surface area contributed by atoms with Crippen molar-refractivity contribution < 1.29 is 13.3 Å². The summed E-state index contributed by atoms with van der Waals surface area (Å²) in [7, 11) is -3.92. The second-order valence-corrected chi connectivity index (χ2v) is 9.72. The molecule has 0 amide bonds. The van der Waals surface area contributed by atoms with Gasteiger partial charge in [-0.3, -0.25) is 15.1 Å². The van der Waals surface area contributed by atoms with E-state index in [0.29, 0.717) is 5.69 Å². The molecule has 1 unspecified atom stereocenters. The zero-order valence-corrected chi connectivity index (χ0v) is 18.3. The Bertz CT molecular complexity index is 1120. The molecule has 0 saturated heterocycles. The molecule has 31 heavy (non-hydrogen) atoms. The highest BCUT2D eigenvalue weighted by Gasteiger charge is 2.27. The van der Waals surface area contributed by atoms with Crippen molar-refractivity contribution in [2.45, 2.75) is 37.2 Å². The molecule has 0 radical (unpaired) electrons. The molecule has 0 saturated carbocycles. The van der Waals surface area contributed by atoms with Crippen LogP contribution in [0.15, 0.2) is 77.8 Å². The summed E-state index contributed by atoms with van der Waals surface area (Å²) in [6, 6.07) is 18.2. The largest absolute Gasteiger partial charge is 0.367 e. The first-order chi connectivity index (χ1) is 14.6. The first kappa shape index (κ1) is 22.4. The number of hydrogen-bond acceptors (Lipinski definition) is 6. The number of rotatable bonds is 7. The van der Waals surface area contributed by atoms with E-state index in [1.54, 1.807) is 33.0 Å². The number of nitro benzene ring substituents is 1. The minimum Gasteiger partial charge on any atom is -0.367 e. The van der Waals surface area contributed by atoms with Crippen molar-refractivity contribution in [3.05, 3.63) is 94.3 Å². The predicted molar refractivity (Wildman–Crippen MR) is 119 cm³/mol. The number of nitrogens with zero attached hydrogens (tertiary/aromatic N) is 2. The summed E-state index contributed by atoms with van der Waals surface area (Å²) in [5.41, 5.74) is 0.672. The molecular weight excluding hydrogens is 416 g/mol. The number of nitrogens with one attached hydrogen (secondary N) is 2. The summed E-state index contributed by atoms with van der Waals surface area (Å²) in [4.78, 5) is 15.4. The maximum Gasteiger partial charge on any atom is 0.293 e. The van der Waals surface area contributed by atoms with Gasteiger partial charge in [0.1, 0.15) is 5.69 Å². The van der Waals surface area contributed by atoms with E-state index in [1.807, 2.05) is 42.5 Å². The van der Waals surface area contributed by atoms with Crippen molar-refractivity contribution in [1.29, 1.82) is 0 Å². The first-order valence-electron chi connectivity index (χ1n) is 9.62. The quantitative estimate of drug-likeness (QED) is 0.419. The van der Waals surface area contributed by atoms with Crippen molar-refractivity contribution >= 4 is 21.4 Å². The molecular formula is C22H24N4O4S. The SMILES string of the molecule is CC(C)(C)NS(=O)(=O)c1ccc(NC(c2ccccc2)c2ccccn2)c([N+](=O)[O-])c1. The van der Waals surface area contributed by atoms with Gasteiger partial charge in [0.2, 0.25) is 10.0 Å². The van der Waals surface area contributed by atoms with E-state index in [1.165, 1.54) is 12.1 Å². The van der Waals surface area contributed by atoms with Crippen LogP contribution in [-0.2, 0) is 10.0 Å².